The molecule has 0 atom stereocenters. The number of nitrogens with one attached hydrogen (secondary N) is 1. The highest BCUT2D eigenvalue weighted by atomic mass is 32.2. The van der Waals surface area contributed by atoms with Crippen molar-refractivity contribution in [1.29, 1.82) is 0 Å². The van der Waals surface area contributed by atoms with Crippen LogP contribution in [0.25, 0.3) is 0 Å². The van der Waals surface area contributed by atoms with Crippen LogP contribution in [0.15, 0.2) is 24.3 Å². The Morgan fingerprint density at radius 2 is 1.59 bits per heavy atom. The third-order valence-corrected chi connectivity index (χ3v) is 4.86. The Kier molecular flexibility index (Phi) is 6.85. The first-order valence-electron chi connectivity index (χ1n) is 6.84. The van der Waals surface area contributed by atoms with Gasteiger partial charge in [-0.25, -0.2) is 0 Å². The van der Waals surface area contributed by atoms with E-state index >= 15 is 0 Å². The molecular weight excluding hydrogens is 332 g/mol. The average Bonchev–Trinajstić information content (AvgIpc) is 2.34. The second-order valence-electron chi connectivity index (χ2n) is 5.26. The molecule has 0 fully saturated rings. The van der Waals surface area contributed by atoms with Gasteiger partial charge in [0, 0.05) is 37.3 Å². The van der Waals surface area contributed by atoms with Crippen LogP contribution in [0.3, 0.4) is 0 Å². The Bertz CT molecular complexity index is 586. The van der Waals surface area contributed by atoms with Crippen molar-refractivity contribution >= 4 is 20.2 Å². The highest BCUT2D eigenvalue weighted by molar-refractivity contribution is 7.86. The number of nitrogens with zero attached hydrogens (tertiary/aromatic N) is 1. The molecule has 1 aliphatic heterocycles. The van der Waals surface area contributed by atoms with Crippen molar-refractivity contribution in [1.82, 2.24) is 10.2 Å². The molecule has 3 N–H and O–H groups in total. The second-order valence-corrected chi connectivity index (χ2v) is 8.41. The molecule has 22 heavy (non-hydrogen) atoms. The molecule has 0 amide bonds. The summed E-state index contributed by atoms with van der Waals surface area (Å²) in [5, 5.41) is 3.06. The minimum atomic E-state index is -4.01. The zero-order chi connectivity index (χ0) is 16.8. The van der Waals surface area contributed by atoms with Gasteiger partial charge in [-0.05, 0) is 25.7 Å². The lowest BCUT2D eigenvalue weighted by atomic mass is 9.94. The summed E-state index contributed by atoms with van der Waals surface area (Å²) in [5.74, 6) is -0.752. The smallest absolute Gasteiger partial charge is 0.264 e. The van der Waals surface area contributed by atoms with E-state index in [9.17, 15) is 16.8 Å². The Morgan fingerprint density at radius 1 is 1.09 bits per heavy atom. The van der Waals surface area contributed by atoms with E-state index in [2.05, 4.69) is 5.32 Å². The van der Waals surface area contributed by atoms with E-state index in [4.69, 9.17) is 9.11 Å². The Balaban J connectivity index is 2.64. The Labute approximate surface area is 131 Å². The molecule has 0 aliphatic carbocycles. The standard InChI is InChI=1S/C12H22N2O6S2/c1-14-7-6-13-12(10-14)11(4-2-8-21(15,16)17)5-3-9-22(18,19)20/h6-7,10-11,13H,2-5,8-9H2,1H3,(H,15,16,17)(H,18,19,20). The van der Waals surface area contributed by atoms with Gasteiger partial charge >= 0.3 is 0 Å². The number of hydrogen-bond donors (Lipinski definition) is 3. The summed E-state index contributed by atoms with van der Waals surface area (Å²) in [7, 11) is -6.17. The van der Waals surface area contributed by atoms with Crippen LogP contribution in [0.5, 0.6) is 0 Å². The fraction of sp³-hybridized carbons (Fsp3) is 0.667. The lowest BCUT2D eigenvalue weighted by molar-refractivity contribution is 0.443. The fourth-order valence-electron chi connectivity index (χ4n) is 2.25. The summed E-state index contributed by atoms with van der Waals surface area (Å²) < 4.78 is 60.7. The van der Waals surface area contributed by atoms with Crippen molar-refractivity contribution in [3.05, 3.63) is 24.3 Å². The van der Waals surface area contributed by atoms with Gasteiger partial charge in [-0.3, -0.25) is 9.11 Å². The predicted octanol–water partition coefficient (Wildman–Crippen LogP) is 0.786. The van der Waals surface area contributed by atoms with Gasteiger partial charge < -0.3 is 10.2 Å². The summed E-state index contributed by atoms with van der Waals surface area (Å²) in [4.78, 5) is 1.82. The maximum absolute atomic E-state index is 10.8. The van der Waals surface area contributed by atoms with Gasteiger partial charge in [0.15, 0.2) is 0 Å². The highest BCUT2D eigenvalue weighted by Crippen LogP contribution is 2.23. The van der Waals surface area contributed by atoms with E-state index < -0.39 is 20.2 Å². The molecule has 128 valence electrons. The topological polar surface area (TPSA) is 124 Å². The first-order chi connectivity index (χ1) is 10.1. The second kappa shape index (κ2) is 7.95. The normalized spacial score (nSPS) is 15.8. The van der Waals surface area contributed by atoms with E-state index in [1.807, 2.05) is 18.1 Å². The molecular formula is C12H22N2O6S2. The Morgan fingerprint density at radius 3 is 2.00 bits per heavy atom. The molecule has 0 saturated heterocycles. The first kappa shape index (κ1) is 18.9. The minimum Gasteiger partial charge on any atom is -0.362 e. The molecule has 0 unspecified atom stereocenters. The molecule has 0 radical (unpaired) electrons. The third kappa shape index (κ3) is 8.37. The van der Waals surface area contributed by atoms with Gasteiger partial charge in [-0.1, -0.05) is 0 Å². The van der Waals surface area contributed by atoms with E-state index in [1.54, 1.807) is 12.4 Å². The zero-order valence-electron chi connectivity index (χ0n) is 12.3. The molecule has 0 saturated carbocycles. The molecule has 1 aliphatic rings. The Hall–Kier alpha value is -1.10. The van der Waals surface area contributed by atoms with Gasteiger partial charge in [0.25, 0.3) is 20.2 Å². The SMILES string of the molecule is CN1C=CNC(C(CCCS(=O)(=O)O)CCCS(=O)(=O)O)=C1. The van der Waals surface area contributed by atoms with Crippen LogP contribution in [0.1, 0.15) is 25.7 Å². The van der Waals surface area contributed by atoms with Crippen molar-refractivity contribution in [2.24, 2.45) is 5.92 Å². The lowest BCUT2D eigenvalue weighted by Crippen LogP contribution is -2.24. The quantitative estimate of drug-likeness (QED) is 0.519. The molecule has 0 aromatic carbocycles. The van der Waals surface area contributed by atoms with Crippen LogP contribution in [0, 0.1) is 5.92 Å². The molecule has 1 rings (SSSR count). The van der Waals surface area contributed by atoms with Gasteiger partial charge in [0.05, 0.1) is 11.5 Å². The zero-order valence-corrected chi connectivity index (χ0v) is 14.0. The molecule has 0 bridgehead atoms. The number of hydrogen-bond acceptors (Lipinski definition) is 6. The van der Waals surface area contributed by atoms with Crippen molar-refractivity contribution in [2.45, 2.75) is 25.7 Å². The van der Waals surface area contributed by atoms with Crippen LogP contribution in [-0.2, 0) is 20.2 Å². The third-order valence-electron chi connectivity index (χ3n) is 3.25. The van der Waals surface area contributed by atoms with Crippen molar-refractivity contribution in [2.75, 3.05) is 18.6 Å². The molecule has 0 aromatic heterocycles. The van der Waals surface area contributed by atoms with Crippen molar-refractivity contribution in [3.8, 4) is 0 Å². The summed E-state index contributed by atoms with van der Waals surface area (Å²) in [5.41, 5.74) is 0.843. The van der Waals surface area contributed by atoms with Gasteiger partial charge in [0.1, 0.15) is 0 Å². The van der Waals surface area contributed by atoms with Crippen molar-refractivity contribution in [3.63, 3.8) is 0 Å². The molecule has 0 aromatic rings. The van der Waals surface area contributed by atoms with Gasteiger partial charge in [-0.2, -0.15) is 16.8 Å². The number of allylic oxidation sites excluding steroid dienone is 1. The highest BCUT2D eigenvalue weighted by Gasteiger charge is 2.18. The lowest BCUT2D eigenvalue weighted by Gasteiger charge is -2.25. The average molecular weight is 354 g/mol. The van der Waals surface area contributed by atoms with E-state index in [0.717, 1.165) is 5.70 Å². The van der Waals surface area contributed by atoms with Gasteiger partial charge in [-0.15, -0.1) is 0 Å². The largest absolute Gasteiger partial charge is 0.362 e. The minimum absolute atomic E-state index is 0.0871. The first-order valence-corrected chi connectivity index (χ1v) is 10.1. The molecule has 10 heteroatoms. The maximum Gasteiger partial charge on any atom is 0.264 e. The molecule has 8 nitrogen and oxygen atoms in total. The van der Waals surface area contributed by atoms with Crippen LogP contribution in [0.2, 0.25) is 0 Å². The van der Waals surface area contributed by atoms with E-state index in [1.165, 1.54) is 0 Å². The van der Waals surface area contributed by atoms with Crippen LogP contribution < -0.4 is 5.32 Å². The molecule has 1 heterocycles. The fourth-order valence-corrected chi connectivity index (χ4v) is 3.32. The van der Waals surface area contributed by atoms with E-state index in [-0.39, 0.29) is 30.3 Å². The van der Waals surface area contributed by atoms with Crippen molar-refractivity contribution < 1.29 is 25.9 Å². The summed E-state index contributed by atoms with van der Waals surface area (Å²) >= 11 is 0. The molecule has 0 spiro atoms. The number of rotatable bonds is 9. The summed E-state index contributed by atoms with van der Waals surface area (Å²) in [6.07, 6.45) is 6.86. The monoisotopic (exact) mass is 354 g/mol. The maximum atomic E-state index is 10.8. The van der Waals surface area contributed by atoms with Crippen LogP contribution in [0.4, 0.5) is 0 Å². The van der Waals surface area contributed by atoms with E-state index in [0.29, 0.717) is 12.8 Å². The van der Waals surface area contributed by atoms with Gasteiger partial charge in [0.2, 0.25) is 0 Å². The van der Waals surface area contributed by atoms with Crippen LogP contribution >= 0.6 is 0 Å². The summed E-state index contributed by atoms with van der Waals surface area (Å²) in [6, 6.07) is 0. The predicted molar refractivity (Wildman–Crippen MR) is 82.9 cm³/mol. The van der Waals surface area contributed by atoms with Crippen LogP contribution in [-0.4, -0.2) is 49.4 Å². The summed E-state index contributed by atoms with van der Waals surface area (Å²) in [6.45, 7) is 0.